The van der Waals surface area contributed by atoms with Crippen LogP contribution in [0.25, 0.3) is 101 Å². The van der Waals surface area contributed by atoms with Gasteiger partial charge in [-0.3, -0.25) is 0 Å². The van der Waals surface area contributed by atoms with E-state index in [1.165, 1.54) is 103 Å². The summed E-state index contributed by atoms with van der Waals surface area (Å²) in [6.07, 6.45) is 8.89. The standard InChI is InChI=1S/2C30H22N2.C29H21N3.3C3H8.3C2H6/c1-3-10-21(11-4-1)28-20-26(31-30(32-28)22-12-5-2-6-13-22)19-25-16-9-15-24-18-23-14-7-8-17-27(23)29(24)25;1-3-10-21(11-4-1)27-20-28(22-12-5-2-6-13-22)32-29(31-27)19-25-16-9-15-24-18-23-14-7-8-17-26(23)30(24)25;1-3-10-20(11-4-1)28-30-26(31-29(32-28)21-12-5-2-6-13-21)19-24-16-9-15-23-18-22-14-7-8-17-25(22)27(23)24;3*1-3-2;3*1-2/h2*1-17,20H,18-19H2;1-17H,18-19H2;3*3H2,1-2H3;3*1-2H3. The summed E-state index contributed by atoms with van der Waals surface area (Å²) in [7, 11) is 0. The molecule has 0 spiro atoms. The molecule has 111 heavy (non-hydrogen) atoms. The zero-order valence-electron chi connectivity index (χ0n) is 67.1. The molecule has 0 unspecified atom stereocenters. The van der Waals surface area contributed by atoms with Gasteiger partial charge in [0, 0.05) is 58.3 Å². The van der Waals surface area contributed by atoms with Gasteiger partial charge < -0.3 is 0 Å². The van der Waals surface area contributed by atoms with Gasteiger partial charge in [-0.05, 0) is 115 Å². The molecule has 558 valence electrons. The molecule has 0 atom stereocenters. The molecule has 0 N–H and O–H groups in total. The quantitative estimate of drug-likeness (QED) is 0.120. The third-order valence-corrected chi connectivity index (χ3v) is 18.3. The zero-order chi connectivity index (χ0) is 78.1. The molecule has 0 fully saturated rings. The van der Waals surface area contributed by atoms with E-state index in [0.717, 1.165) is 99.3 Å². The first kappa shape index (κ1) is 81.3. The fraction of sp³-hybridized carbons (Fsp3) is 0.202. The van der Waals surface area contributed by atoms with Crippen molar-refractivity contribution in [1.82, 2.24) is 34.9 Å². The number of rotatable bonds is 12. The van der Waals surface area contributed by atoms with Gasteiger partial charge in [0.25, 0.3) is 0 Å². The van der Waals surface area contributed by atoms with Gasteiger partial charge in [-0.2, -0.15) is 0 Å². The van der Waals surface area contributed by atoms with Crippen LogP contribution in [0.15, 0.2) is 322 Å². The highest BCUT2D eigenvalue weighted by Crippen LogP contribution is 2.43. The molecule has 0 radical (unpaired) electrons. The van der Waals surface area contributed by atoms with Crippen molar-refractivity contribution in [3.63, 3.8) is 0 Å². The fourth-order valence-corrected chi connectivity index (χ4v) is 13.9. The molecule has 12 aromatic carbocycles. The summed E-state index contributed by atoms with van der Waals surface area (Å²) in [5, 5.41) is 0. The first-order valence-electron chi connectivity index (χ1n) is 40.2. The topological polar surface area (TPSA) is 90.2 Å². The van der Waals surface area contributed by atoms with Gasteiger partial charge in [-0.15, -0.1) is 0 Å². The Bertz CT molecular complexity index is 4630. The second-order valence-electron chi connectivity index (χ2n) is 26.7. The molecule has 3 heterocycles. The third-order valence-electron chi connectivity index (χ3n) is 18.3. The Balaban J connectivity index is 0.000000162. The van der Waals surface area contributed by atoms with Crippen molar-refractivity contribution in [2.24, 2.45) is 0 Å². The largest absolute Gasteiger partial charge is 0.233 e. The van der Waals surface area contributed by atoms with Gasteiger partial charge in [-0.25, -0.2) is 34.9 Å². The molecule has 3 aliphatic rings. The first-order chi connectivity index (χ1) is 54.8. The Kier molecular flexibility index (Phi) is 31.2. The average Bonchev–Trinajstić information content (AvgIpc) is 1.68. The summed E-state index contributed by atoms with van der Waals surface area (Å²) >= 11 is 0. The maximum Gasteiger partial charge on any atom is 0.163 e. The van der Waals surface area contributed by atoms with Crippen molar-refractivity contribution in [3.05, 3.63) is 389 Å². The lowest BCUT2D eigenvalue weighted by molar-refractivity contribution is 0.933. The molecule has 0 aliphatic heterocycles. The van der Waals surface area contributed by atoms with E-state index in [2.05, 4.69) is 266 Å². The van der Waals surface area contributed by atoms with Crippen LogP contribution >= 0.6 is 0 Å². The molecule has 7 nitrogen and oxygen atoms in total. The van der Waals surface area contributed by atoms with Crippen molar-refractivity contribution in [1.29, 1.82) is 0 Å². The Morgan fingerprint density at radius 3 is 0.793 bits per heavy atom. The molecule has 18 rings (SSSR count). The predicted octanol–water partition coefficient (Wildman–Crippen LogP) is 27.6. The van der Waals surface area contributed by atoms with E-state index < -0.39 is 0 Å². The molecular weight excluding hydrogens is 1350 g/mol. The summed E-state index contributed by atoms with van der Waals surface area (Å²) in [5.41, 5.74) is 30.6. The van der Waals surface area contributed by atoms with Gasteiger partial charge in [-0.1, -0.05) is 412 Å². The highest BCUT2D eigenvalue weighted by Gasteiger charge is 2.25. The first-order valence-corrected chi connectivity index (χ1v) is 40.2. The molecule has 15 aromatic rings. The highest BCUT2D eigenvalue weighted by atomic mass is 15.0. The van der Waals surface area contributed by atoms with Crippen LogP contribution in [0.5, 0.6) is 0 Å². The van der Waals surface area contributed by atoms with Crippen LogP contribution in [-0.2, 0) is 38.5 Å². The molecule has 7 heteroatoms. The van der Waals surface area contributed by atoms with Crippen LogP contribution in [0.1, 0.15) is 170 Å². The number of hydrogen-bond donors (Lipinski definition) is 0. The molecule has 3 aromatic heterocycles. The van der Waals surface area contributed by atoms with Gasteiger partial charge in [0.1, 0.15) is 11.6 Å². The summed E-state index contributed by atoms with van der Waals surface area (Å²) in [6.45, 7) is 24.8. The summed E-state index contributed by atoms with van der Waals surface area (Å²) in [5.74, 6) is 3.83. The van der Waals surface area contributed by atoms with E-state index in [0.29, 0.717) is 24.5 Å². The number of hydrogen-bond acceptors (Lipinski definition) is 7. The monoisotopic (exact) mass is 1450 g/mol. The van der Waals surface area contributed by atoms with E-state index in [4.69, 9.17) is 34.9 Å². The van der Waals surface area contributed by atoms with E-state index in [1.807, 2.05) is 139 Å². The molecule has 0 saturated heterocycles. The van der Waals surface area contributed by atoms with Crippen molar-refractivity contribution in [3.8, 4) is 101 Å². The highest BCUT2D eigenvalue weighted by molar-refractivity contribution is 5.83. The van der Waals surface area contributed by atoms with Gasteiger partial charge >= 0.3 is 0 Å². The van der Waals surface area contributed by atoms with Crippen LogP contribution in [0.2, 0.25) is 0 Å². The second kappa shape index (κ2) is 42.5. The maximum absolute atomic E-state index is 4.99. The van der Waals surface area contributed by atoms with Gasteiger partial charge in [0.2, 0.25) is 0 Å². The Morgan fingerprint density at radius 1 is 0.216 bits per heavy atom. The number of benzene rings is 12. The zero-order valence-corrected chi connectivity index (χ0v) is 67.1. The van der Waals surface area contributed by atoms with E-state index in [9.17, 15) is 0 Å². The van der Waals surface area contributed by atoms with E-state index in [-0.39, 0.29) is 0 Å². The van der Waals surface area contributed by atoms with E-state index in [1.54, 1.807) is 0 Å². The maximum atomic E-state index is 4.99. The minimum absolute atomic E-state index is 0.666. The SMILES string of the molecule is CC.CC.CC.CCC.CCC.CCC.c1ccc(-c2cc(-c3ccccc3)nc(Cc3cccc4c3-c3ccccc3C4)n2)cc1.c1ccc(-c2cc(Cc3cccc4c3-c3ccccc3C4)nc(-c3ccccc3)n2)cc1.c1ccc(-c2nc(Cc3cccc4c3-c3ccccc3C4)nc(-c3ccccc3)n2)cc1. The van der Waals surface area contributed by atoms with Crippen LogP contribution in [-0.4, -0.2) is 34.9 Å². The molecule has 3 aliphatic carbocycles. The lowest BCUT2D eigenvalue weighted by Crippen LogP contribution is -2.04. The Morgan fingerprint density at radius 2 is 0.468 bits per heavy atom. The minimum Gasteiger partial charge on any atom is -0.233 e. The lowest BCUT2D eigenvalue weighted by atomic mass is 9.96. The van der Waals surface area contributed by atoms with Crippen molar-refractivity contribution < 1.29 is 0 Å². The Labute approximate surface area is 661 Å². The van der Waals surface area contributed by atoms with Crippen LogP contribution in [0, 0.1) is 0 Å². The predicted molar refractivity (Wildman–Crippen MR) is 471 cm³/mol. The van der Waals surface area contributed by atoms with Crippen LogP contribution in [0.3, 0.4) is 0 Å². The van der Waals surface area contributed by atoms with Crippen LogP contribution in [0.4, 0.5) is 0 Å². The lowest BCUT2D eigenvalue weighted by Gasteiger charge is -2.12. The Hall–Kier alpha value is -12.2. The van der Waals surface area contributed by atoms with Gasteiger partial charge in [0.05, 0.1) is 17.1 Å². The number of aromatic nitrogens is 7. The minimum atomic E-state index is 0.666. The molecule has 0 bridgehead atoms. The normalized spacial score (nSPS) is 10.8. The summed E-state index contributed by atoms with van der Waals surface area (Å²) in [4.78, 5) is 34.5. The average molecular weight is 1460 g/mol. The number of nitrogens with zero attached hydrogens (tertiary/aromatic N) is 7. The number of fused-ring (bicyclic) bond motifs is 9. The van der Waals surface area contributed by atoms with Crippen LogP contribution < -0.4 is 0 Å². The summed E-state index contributed by atoms with van der Waals surface area (Å²) in [6, 6.07) is 112. The smallest absolute Gasteiger partial charge is 0.163 e. The van der Waals surface area contributed by atoms with Crippen molar-refractivity contribution in [2.75, 3.05) is 0 Å². The fourth-order valence-electron chi connectivity index (χ4n) is 13.9. The van der Waals surface area contributed by atoms with Crippen molar-refractivity contribution in [2.45, 2.75) is 141 Å². The van der Waals surface area contributed by atoms with Crippen molar-refractivity contribution >= 4 is 0 Å². The second-order valence-corrected chi connectivity index (χ2v) is 26.7. The van der Waals surface area contributed by atoms with E-state index >= 15 is 0 Å². The molecular formula is C104H107N7. The molecule has 0 amide bonds. The molecule has 0 saturated carbocycles. The van der Waals surface area contributed by atoms with Gasteiger partial charge in [0.15, 0.2) is 17.5 Å². The third kappa shape index (κ3) is 21.0. The summed E-state index contributed by atoms with van der Waals surface area (Å²) < 4.78 is 0.